The summed E-state index contributed by atoms with van der Waals surface area (Å²) in [6.45, 7) is 2.34. The molecule has 2 N–H and O–H groups in total. The van der Waals surface area contributed by atoms with Crippen LogP contribution in [0.15, 0.2) is 17.1 Å². The lowest BCUT2D eigenvalue weighted by atomic mass is 9.62. The lowest BCUT2D eigenvalue weighted by Gasteiger charge is -2.41. The minimum absolute atomic E-state index is 0.115. The van der Waals surface area contributed by atoms with Crippen molar-refractivity contribution in [2.75, 3.05) is 12.8 Å². The van der Waals surface area contributed by atoms with E-state index < -0.39 is 0 Å². The van der Waals surface area contributed by atoms with Crippen LogP contribution in [0.3, 0.4) is 0 Å². The van der Waals surface area contributed by atoms with E-state index in [2.05, 4.69) is 24.0 Å². The molecule has 1 fully saturated rings. The number of nitrogens with two attached hydrogens (primary N) is 1. The molecule has 0 radical (unpaired) electrons. The van der Waals surface area contributed by atoms with Crippen LogP contribution in [0.1, 0.15) is 55.7 Å². The molecule has 1 aromatic rings. The first-order valence-electron chi connectivity index (χ1n) is 7.91. The number of rotatable bonds is 1. The molecule has 21 heavy (non-hydrogen) atoms. The van der Waals surface area contributed by atoms with Gasteiger partial charge in [0.1, 0.15) is 5.78 Å². The van der Waals surface area contributed by atoms with Crippen LogP contribution in [0.25, 0.3) is 0 Å². The molecule has 1 unspecified atom stereocenters. The van der Waals surface area contributed by atoms with Crippen LogP contribution < -0.4 is 5.73 Å². The van der Waals surface area contributed by atoms with E-state index >= 15 is 0 Å². The topological polar surface area (TPSA) is 55.4 Å². The molecule has 0 saturated heterocycles. The Kier molecular flexibility index (Phi) is 3.60. The number of hydrogen-bond donors (Lipinski definition) is 1. The molecule has 0 heterocycles. The van der Waals surface area contributed by atoms with Crippen molar-refractivity contribution in [3.63, 3.8) is 0 Å². The summed E-state index contributed by atoms with van der Waals surface area (Å²) < 4.78 is 0. The summed E-state index contributed by atoms with van der Waals surface area (Å²) in [4.78, 5) is 16.0. The quantitative estimate of drug-likeness (QED) is 0.635. The number of nitrogens with zero attached hydrogens (tertiary/aromatic N) is 1. The molecular weight excluding hydrogens is 260 g/mol. The highest BCUT2D eigenvalue weighted by Gasteiger charge is 2.42. The molecule has 3 heteroatoms. The highest BCUT2D eigenvalue weighted by atomic mass is 16.1. The van der Waals surface area contributed by atoms with Gasteiger partial charge in [-0.3, -0.25) is 9.79 Å². The van der Waals surface area contributed by atoms with Gasteiger partial charge >= 0.3 is 0 Å². The number of fused-ring (bicyclic) bond motifs is 3. The monoisotopic (exact) mass is 284 g/mol. The number of ketones is 1. The van der Waals surface area contributed by atoms with Crippen LogP contribution in [-0.2, 0) is 16.6 Å². The first kappa shape index (κ1) is 14.3. The van der Waals surface area contributed by atoms with Crippen molar-refractivity contribution < 1.29 is 4.79 Å². The van der Waals surface area contributed by atoms with Crippen LogP contribution in [0.4, 0.5) is 5.69 Å². The second kappa shape index (κ2) is 5.28. The van der Waals surface area contributed by atoms with Crippen molar-refractivity contribution in [2.24, 2.45) is 10.9 Å². The smallest absolute Gasteiger partial charge is 0.133 e. The van der Waals surface area contributed by atoms with Crippen molar-refractivity contribution in [1.82, 2.24) is 0 Å². The van der Waals surface area contributed by atoms with E-state index in [1.807, 2.05) is 6.21 Å². The first-order chi connectivity index (χ1) is 10.0. The highest BCUT2D eigenvalue weighted by Crippen LogP contribution is 2.48. The largest absolute Gasteiger partial charge is 0.398 e. The summed E-state index contributed by atoms with van der Waals surface area (Å²) in [6.07, 6.45) is 7.65. The van der Waals surface area contributed by atoms with Gasteiger partial charge in [-0.25, -0.2) is 0 Å². The third-order valence-corrected chi connectivity index (χ3v) is 5.49. The van der Waals surface area contributed by atoms with E-state index in [-0.39, 0.29) is 5.41 Å². The Bertz CT molecular complexity index is 605. The molecular formula is C18H24N2O. The zero-order chi connectivity index (χ0) is 15.0. The Morgan fingerprint density at radius 2 is 2.19 bits per heavy atom. The molecule has 0 aliphatic heterocycles. The van der Waals surface area contributed by atoms with Crippen LogP contribution in [0.5, 0.6) is 0 Å². The fourth-order valence-electron chi connectivity index (χ4n) is 4.19. The zero-order valence-corrected chi connectivity index (χ0v) is 13.0. The number of aryl methyl sites for hydroxylation is 1. The van der Waals surface area contributed by atoms with Gasteiger partial charge in [0.05, 0.1) is 0 Å². The molecule has 112 valence electrons. The standard InChI is InChI=1S/C18H24N2O/c1-18-7-6-15(21)10-14(18)5-3-4-12-9-17(19)13(11-20-2)8-16(12)18/h8-9,11,14H,3-7,10,19H2,1-2H3/t14-,18?/m0/s1. The summed E-state index contributed by atoms with van der Waals surface area (Å²) in [6, 6.07) is 4.36. The minimum atomic E-state index is 0.115. The summed E-state index contributed by atoms with van der Waals surface area (Å²) >= 11 is 0. The molecule has 1 aromatic carbocycles. The molecule has 3 nitrogen and oxygen atoms in total. The average Bonchev–Trinajstić information content (AvgIpc) is 2.57. The molecule has 2 aliphatic rings. The molecule has 3 rings (SSSR count). The third kappa shape index (κ3) is 2.39. The van der Waals surface area contributed by atoms with Gasteiger partial charge in [0.2, 0.25) is 0 Å². The van der Waals surface area contributed by atoms with Crippen LogP contribution in [0, 0.1) is 5.92 Å². The molecule has 0 bridgehead atoms. The van der Waals surface area contributed by atoms with Crippen molar-refractivity contribution in [3.05, 3.63) is 28.8 Å². The number of anilines is 1. The van der Waals surface area contributed by atoms with Crippen LogP contribution in [0.2, 0.25) is 0 Å². The van der Waals surface area contributed by atoms with Gasteiger partial charge in [0.15, 0.2) is 0 Å². The average molecular weight is 284 g/mol. The van der Waals surface area contributed by atoms with Gasteiger partial charge in [-0.15, -0.1) is 0 Å². The summed E-state index contributed by atoms with van der Waals surface area (Å²) in [5.74, 6) is 0.918. The van der Waals surface area contributed by atoms with E-state index in [4.69, 9.17) is 5.73 Å². The Hall–Kier alpha value is -1.64. The first-order valence-corrected chi connectivity index (χ1v) is 7.91. The number of hydrogen-bond acceptors (Lipinski definition) is 3. The lowest BCUT2D eigenvalue weighted by Crippen LogP contribution is -2.38. The maximum Gasteiger partial charge on any atom is 0.133 e. The van der Waals surface area contributed by atoms with Gasteiger partial charge < -0.3 is 5.73 Å². The third-order valence-electron chi connectivity index (χ3n) is 5.49. The zero-order valence-electron chi connectivity index (χ0n) is 13.0. The van der Waals surface area contributed by atoms with E-state index in [1.165, 1.54) is 11.1 Å². The van der Waals surface area contributed by atoms with Crippen molar-refractivity contribution in [2.45, 2.75) is 50.9 Å². The van der Waals surface area contributed by atoms with Gasteiger partial charge in [-0.1, -0.05) is 6.92 Å². The fourth-order valence-corrected chi connectivity index (χ4v) is 4.19. The molecule has 0 aromatic heterocycles. The minimum Gasteiger partial charge on any atom is -0.398 e. The Labute approximate surface area is 126 Å². The SMILES string of the molecule is CN=Cc1cc2c(cc1N)CCC[C@H]1CC(=O)CCC21C. The lowest BCUT2D eigenvalue weighted by molar-refractivity contribution is -0.123. The predicted molar refractivity (Wildman–Crippen MR) is 87.0 cm³/mol. The van der Waals surface area contributed by atoms with Gasteiger partial charge in [-0.2, -0.15) is 0 Å². The predicted octanol–water partition coefficient (Wildman–Crippen LogP) is 3.28. The van der Waals surface area contributed by atoms with Gasteiger partial charge in [0, 0.05) is 37.4 Å². The molecule has 2 aliphatic carbocycles. The normalized spacial score (nSPS) is 29.0. The molecule has 0 amide bonds. The second-order valence-electron chi connectivity index (χ2n) is 6.77. The maximum absolute atomic E-state index is 11.9. The van der Waals surface area contributed by atoms with Gasteiger partial charge in [-0.05, 0) is 60.3 Å². The Morgan fingerprint density at radius 1 is 1.38 bits per heavy atom. The highest BCUT2D eigenvalue weighted by molar-refractivity contribution is 5.88. The summed E-state index contributed by atoms with van der Waals surface area (Å²) in [5, 5.41) is 0. The molecule has 1 saturated carbocycles. The number of Topliss-reactive ketones (excluding diaryl/α,β-unsaturated/α-hetero) is 1. The van der Waals surface area contributed by atoms with Crippen LogP contribution >= 0.6 is 0 Å². The van der Waals surface area contributed by atoms with E-state index in [1.54, 1.807) is 7.05 Å². The van der Waals surface area contributed by atoms with E-state index in [0.717, 1.165) is 43.4 Å². The Balaban J connectivity index is 2.13. The second-order valence-corrected chi connectivity index (χ2v) is 6.77. The van der Waals surface area contributed by atoms with E-state index in [0.29, 0.717) is 18.1 Å². The number of nitrogen functional groups attached to an aromatic ring is 1. The number of carbonyl (C=O) groups is 1. The Morgan fingerprint density at radius 3 is 2.95 bits per heavy atom. The van der Waals surface area contributed by atoms with Crippen molar-refractivity contribution >= 4 is 17.7 Å². The number of benzene rings is 1. The van der Waals surface area contributed by atoms with Gasteiger partial charge in [0.25, 0.3) is 0 Å². The molecule has 2 atom stereocenters. The number of aliphatic imine (C=N–C) groups is 1. The fraction of sp³-hybridized carbons (Fsp3) is 0.556. The van der Waals surface area contributed by atoms with Crippen LogP contribution in [-0.4, -0.2) is 19.0 Å². The maximum atomic E-state index is 11.9. The van der Waals surface area contributed by atoms with E-state index in [9.17, 15) is 4.79 Å². The summed E-state index contributed by atoms with van der Waals surface area (Å²) in [7, 11) is 1.77. The summed E-state index contributed by atoms with van der Waals surface area (Å²) in [5.41, 5.74) is 10.9. The van der Waals surface area contributed by atoms with Crippen molar-refractivity contribution in [1.29, 1.82) is 0 Å². The van der Waals surface area contributed by atoms with Crippen molar-refractivity contribution in [3.8, 4) is 0 Å². The molecule has 0 spiro atoms. The number of carbonyl (C=O) groups excluding carboxylic acids is 1.